The molecule has 3 saturated carbocycles. The van der Waals surface area contributed by atoms with E-state index in [0.29, 0.717) is 35.4 Å². The van der Waals surface area contributed by atoms with Gasteiger partial charge in [-0.1, -0.05) is 19.4 Å². The largest absolute Gasteiger partial charge is 0.446 e. The van der Waals surface area contributed by atoms with Crippen molar-refractivity contribution in [2.75, 3.05) is 0 Å². The molecule has 4 aliphatic rings. The zero-order chi connectivity index (χ0) is 17.1. The van der Waals surface area contributed by atoms with E-state index in [1.807, 2.05) is 6.08 Å². The molecule has 24 heavy (non-hydrogen) atoms. The quantitative estimate of drug-likeness (QED) is 0.793. The van der Waals surface area contributed by atoms with Gasteiger partial charge >= 0.3 is 6.09 Å². The van der Waals surface area contributed by atoms with Gasteiger partial charge in [0.2, 0.25) is 0 Å². The summed E-state index contributed by atoms with van der Waals surface area (Å²) in [5.74, 6) is 3.57. The molecule has 0 radical (unpaired) electrons. The molecule has 2 N–H and O–H groups in total. The number of hydrogen-bond donors (Lipinski definition) is 1. The molecule has 0 bridgehead atoms. The standard InChI is InChI=1S/C20H29NO3/c1-11-9-12-10-13(22)3-4-14(12)15-7-8-20(2)16(18(11)15)5-6-17(20)24-19(21)23/h10-11,14-18H,3-9H2,1-2H3,(H2,21,23)/t11-,14?,15?,16?,17-,18?,20-/m0/s1. The highest BCUT2D eigenvalue weighted by Gasteiger charge is 2.58. The Kier molecular flexibility index (Phi) is 3.77. The van der Waals surface area contributed by atoms with Crippen LogP contribution in [0.25, 0.3) is 0 Å². The lowest BCUT2D eigenvalue weighted by Crippen LogP contribution is -2.51. The van der Waals surface area contributed by atoms with Gasteiger partial charge in [-0.05, 0) is 74.2 Å². The molecular formula is C20H29NO3. The van der Waals surface area contributed by atoms with Gasteiger partial charge in [0.05, 0.1) is 0 Å². The van der Waals surface area contributed by atoms with E-state index in [9.17, 15) is 9.59 Å². The Bertz CT molecular complexity index is 598. The Labute approximate surface area is 144 Å². The van der Waals surface area contributed by atoms with Crippen LogP contribution in [0.5, 0.6) is 0 Å². The van der Waals surface area contributed by atoms with Crippen LogP contribution >= 0.6 is 0 Å². The molecule has 3 fully saturated rings. The fourth-order valence-electron chi connectivity index (χ4n) is 6.87. The zero-order valence-corrected chi connectivity index (χ0v) is 14.8. The fourth-order valence-corrected chi connectivity index (χ4v) is 6.87. The summed E-state index contributed by atoms with van der Waals surface area (Å²) in [6.07, 6.45) is 8.56. The van der Waals surface area contributed by atoms with E-state index in [2.05, 4.69) is 13.8 Å². The van der Waals surface area contributed by atoms with E-state index >= 15 is 0 Å². The first-order valence-corrected chi connectivity index (χ1v) is 9.59. The van der Waals surface area contributed by atoms with Gasteiger partial charge in [0.15, 0.2) is 5.78 Å². The number of carbonyl (C=O) groups excluding carboxylic acids is 2. The van der Waals surface area contributed by atoms with E-state index < -0.39 is 6.09 Å². The van der Waals surface area contributed by atoms with Crippen LogP contribution in [0.1, 0.15) is 58.8 Å². The van der Waals surface area contributed by atoms with E-state index in [4.69, 9.17) is 10.5 Å². The number of carbonyl (C=O) groups is 2. The first kappa shape index (κ1) is 16.2. The average molecular weight is 331 g/mol. The van der Waals surface area contributed by atoms with Gasteiger partial charge in [-0.3, -0.25) is 4.79 Å². The number of rotatable bonds is 1. The highest BCUT2D eigenvalue weighted by atomic mass is 16.6. The summed E-state index contributed by atoms with van der Waals surface area (Å²) in [4.78, 5) is 23.1. The number of amides is 1. The van der Waals surface area contributed by atoms with Crippen molar-refractivity contribution < 1.29 is 14.3 Å². The van der Waals surface area contributed by atoms with Gasteiger partial charge < -0.3 is 10.5 Å². The smallest absolute Gasteiger partial charge is 0.404 e. The van der Waals surface area contributed by atoms with Crippen molar-refractivity contribution >= 4 is 11.9 Å². The highest BCUT2D eigenvalue weighted by molar-refractivity contribution is 5.91. The summed E-state index contributed by atoms with van der Waals surface area (Å²) in [5, 5.41) is 0. The van der Waals surface area contributed by atoms with Crippen LogP contribution in [0, 0.1) is 35.0 Å². The number of hydrogen-bond acceptors (Lipinski definition) is 3. The predicted octanol–water partition coefficient (Wildman–Crippen LogP) is 3.84. The first-order chi connectivity index (χ1) is 11.4. The molecule has 0 aromatic carbocycles. The van der Waals surface area contributed by atoms with Crippen molar-refractivity contribution in [2.24, 2.45) is 40.7 Å². The van der Waals surface area contributed by atoms with Crippen molar-refractivity contribution in [1.29, 1.82) is 0 Å². The Balaban J connectivity index is 1.62. The van der Waals surface area contributed by atoms with Gasteiger partial charge in [-0.15, -0.1) is 0 Å². The minimum atomic E-state index is -0.628. The summed E-state index contributed by atoms with van der Waals surface area (Å²) >= 11 is 0. The molecule has 132 valence electrons. The summed E-state index contributed by atoms with van der Waals surface area (Å²) in [6, 6.07) is 0. The van der Waals surface area contributed by atoms with Crippen molar-refractivity contribution in [1.82, 2.24) is 0 Å². The van der Waals surface area contributed by atoms with E-state index in [1.165, 1.54) is 12.0 Å². The summed E-state index contributed by atoms with van der Waals surface area (Å²) < 4.78 is 5.50. The van der Waals surface area contributed by atoms with Crippen molar-refractivity contribution in [3.63, 3.8) is 0 Å². The molecule has 4 unspecified atom stereocenters. The van der Waals surface area contributed by atoms with Gasteiger partial charge in [-0.25, -0.2) is 4.79 Å². The minimum Gasteiger partial charge on any atom is -0.446 e. The average Bonchev–Trinajstić information content (AvgIpc) is 2.83. The molecule has 7 atom stereocenters. The summed E-state index contributed by atoms with van der Waals surface area (Å²) in [7, 11) is 0. The van der Waals surface area contributed by atoms with Crippen LogP contribution in [0.3, 0.4) is 0 Å². The maximum absolute atomic E-state index is 11.8. The highest BCUT2D eigenvalue weighted by Crippen LogP contribution is 2.63. The van der Waals surface area contributed by atoms with Crippen molar-refractivity contribution in [3.05, 3.63) is 11.6 Å². The van der Waals surface area contributed by atoms with E-state index in [1.54, 1.807) is 0 Å². The second-order valence-corrected chi connectivity index (χ2v) is 8.91. The lowest BCUT2D eigenvalue weighted by molar-refractivity contribution is -0.116. The Morgan fingerprint density at radius 2 is 2.08 bits per heavy atom. The predicted molar refractivity (Wildman–Crippen MR) is 91.1 cm³/mol. The summed E-state index contributed by atoms with van der Waals surface area (Å²) in [6.45, 7) is 4.68. The van der Waals surface area contributed by atoms with Crippen LogP contribution in [-0.2, 0) is 9.53 Å². The van der Waals surface area contributed by atoms with Crippen LogP contribution in [-0.4, -0.2) is 18.0 Å². The van der Waals surface area contributed by atoms with Gasteiger partial charge in [-0.2, -0.15) is 0 Å². The molecule has 4 rings (SSSR count). The SMILES string of the molecule is C[C@H]1CC2=CC(=O)CCC2C2CC[C@@]3(C)C(CC[C@@H]3OC(N)=O)C21. The van der Waals surface area contributed by atoms with Crippen LogP contribution in [0.4, 0.5) is 4.79 Å². The van der Waals surface area contributed by atoms with Crippen molar-refractivity contribution in [3.8, 4) is 0 Å². The van der Waals surface area contributed by atoms with Gasteiger partial charge in [0.1, 0.15) is 6.10 Å². The second-order valence-electron chi connectivity index (χ2n) is 8.91. The molecule has 0 aromatic heterocycles. The first-order valence-electron chi connectivity index (χ1n) is 9.59. The van der Waals surface area contributed by atoms with Crippen molar-refractivity contribution in [2.45, 2.75) is 64.9 Å². The third-order valence-electron chi connectivity index (χ3n) is 7.81. The Hall–Kier alpha value is -1.32. The Morgan fingerprint density at radius 1 is 1.29 bits per heavy atom. The monoisotopic (exact) mass is 331 g/mol. The molecular weight excluding hydrogens is 302 g/mol. The lowest BCUT2D eigenvalue weighted by Gasteiger charge is -2.55. The maximum Gasteiger partial charge on any atom is 0.404 e. The molecule has 1 amide bonds. The molecule has 4 aliphatic carbocycles. The normalized spacial score (nSPS) is 47.2. The van der Waals surface area contributed by atoms with Crippen LogP contribution in [0.2, 0.25) is 0 Å². The van der Waals surface area contributed by atoms with E-state index in [-0.39, 0.29) is 11.5 Å². The zero-order valence-electron chi connectivity index (χ0n) is 14.8. The number of ether oxygens (including phenoxy) is 1. The van der Waals surface area contributed by atoms with Crippen LogP contribution in [0.15, 0.2) is 11.6 Å². The molecule has 4 nitrogen and oxygen atoms in total. The molecule has 0 aromatic rings. The fraction of sp³-hybridized carbons (Fsp3) is 0.800. The third-order valence-corrected chi connectivity index (χ3v) is 7.81. The van der Waals surface area contributed by atoms with Gasteiger partial charge in [0.25, 0.3) is 0 Å². The number of primary amides is 1. The number of ketones is 1. The molecule has 0 heterocycles. The lowest BCUT2D eigenvalue weighted by atomic mass is 9.49. The molecule has 0 saturated heterocycles. The second kappa shape index (κ2) is 5.60. The van der Waals surface area contributed by atoms with Gasteiger partial charge in [0, 0.05) is 11.8 Å². The molecule has 0 spiro atoms. The summed E-state index contributed by atoms with van der Waals surface area (Å²) in [5.41, 5.74) is 6.81. The third kappa shape index (κ3) is 2.33. The van der Waals surface area contributed by atoms with E-state index in [0.717, 1.165) is 38.5 Å². The minimum absolute atomic E-state index is 0.0157. The number of allylic oxidation sites excluding steroid dienone is 1. The topological polar surface area (TPSA) is 69.4 Å². The van der Waals surface area contributed by atoms with Crippen LogP contribution < -0.4 is 5.73 Å². The molecule has 0 aliphatic heterocycles. The Morgan fingerprint density at radius 3 is 2.83 bits per heavy atom. The number of fused-ring (bicyclic) bond motifs is 5. The number of nitrogens with two attached hydrogens (primary N) is 1. The maximum atomic E-state index is 11.8. The molecule has 4 heteroatoms.